The zero-order chi connectivity index (χ0) is 24.3. The average Bonchev–Trinajstić information content (AvgIpc) is 3.32. The van der Waals surface area contributed by atoms with Gasteiger partial charge in [0.05, 0.1) is 23.8 Å². The summed E-state index contributed by atoms with van der Waals surface area (Å²) in [5.74, 6) is -1.41. The van der Waals surface area contributed by atoms with E-state index >= 15 is 0 Å². The fourth-order valence-corrected chi connectivity index (χ4v) is 4.07. The lowest BCUT2D eigenvalue weighted by Crippen LogP contribution is -2.41. The molecule has 1 aliphatic carbocycles. The highest BCUT2D eigenvalue weighted by molar-refractivity contribution is 5.75. The number of rotatable bonds is 7. The molecule has 34 heavy (non-hydrogen) atoms. The van der Waals surface area contributed by atoms with Crippen molar-refractivity contribution in [2.24, 2.45) is 5.41 Å². The van der Waals surface area contributed by atoms with Crippen molar-refractivity contribution in [3.63, 3.8) is 0 Å². The number of carboxylic acid groups (broad SMARTS) is 1. The minimum atomic E-state index is -4.59. The van der Waals surface area contributed by atoms with E-state index in [9.17, 15) is 23.1 Å². The van der Waals surface area contributed by atoms with Crippen LogP contribution in [0.5, 0.6) is 5.75 Å². The molecular weight excluding hydrogens is 453 g/mol. The molecule has 180 valence electrons. The van der Waals surface area contributed by atoms with E-state index in [1.165, 1.54) is 13.3 Å². The predicted octanol–water partition coefficient (Wildman–Crippen LogP) is 4.59. The van der Waals surface area contributed by atoms with E-state index in [4.69, 9.17) is 9.47 Å². The van der Waals surface area contributed by atoms with Crippen LogP contribution in [0.25, 0.3) is 22.6 Å². The highest BCUT2D eigenvalue weighted by Crippen LogP contribution is 2.38. The first-order valence-electron chi connectivity index (χ1n) is 10.7. The molecule has 0 radical (unpaired) electrons. The Bertz CT molecular complexity index is 1120. The number of hydrogen-bond donors (Lipinski definition) is 2. The fourth-order valence-electron chi connectivity index (χ4n) is 4.07. The number of ether oxygens (including phenoxy) is 2. The van der Waals surface area contributed by atoms with Gasteiger partial charge in [0.25, 0.3) is 0 Å². The van der Waals surface area contributed by atoms with Gasteiger partial charge in [0, 0.05) is 24.4 Å². The topological polar surface area (TPSA) is 110 Å². The van der Waals surface area contributed by atoms with Crippen LogP contribution in [0.2, 0.25) is 0 Å². The largest absolute Gasteiger partial charge is 0.490 e. The third-order valence-corrected chi connectivity index (χ3v) is 5.99. The maximum Gasteiger partial charge on any atom is 0.451 e. The molecule has 2 N–H and O–H groups in total. The summed E-state index contributed by atoms with van der Waals surface area (Å²) >= 11 is 0. The molecule has 1 aromatic carbocycles. The Labute approximate surface area is 193 Å². The molecule has 1 fully saturated rings. The quantitative estimate of drug-likeness (QED) is 0.513. The number of carbonyl (C=O) groups is 1. The third-order valence-electron chi connectivity index (χ3n) is 5.99. The Kier molecular flexibility index (Phi) is 6.56. The molecule has 2 aromatic heterocycles. The normalized spacial score (nSPS) is 20.8. The van der Waals surface area contributed by atoms with Gasteiger partial charge in [0.15, 0.2) is 5.82 Å². The van der Waals surface area contributed by atoms with Crippen LogP contribution in [0, 0.1) is 5.41 Å². The summed E-state index contributed by atoms with van der Waals surface area (Å²) < 4.78 is 49.2. The van der Waals surface area contributed by atoms with Crippen LogP contribution in [0.4, 0.5) is 13.2 Å². The Balaban J connectivity index is 1.38. The first kappa shape index (κ1) is 23.7. The van der Waals surface area contributed by atoms with Crippen molar-refractivity contribution in [3.05, 3.63) is 48.4 Å². The van der Waals surface area contributed by atoms with Gasteiger partial charge < -0.3 is 14.6 Å². The number of carboxylic acids is 1. The molecule has 0 spiro atoms. The van der Waals surface area contributed by atoms with Gasteiger partial charge in [-0.15, -0.1) is 0 Å². The van der Waals surface area contributed by atoms with E-state index in [0.717, 1.165) is 5.56 Å². The monoisotopic (exact) mass is 476 g/mol. The van der Waals surface area contributed by atoms with Gasteiger partial charge in [-0.05, 0) is 62.1 Å². The first-order valence-corrected chi connectivity index (χ1v) is 10.7. The smallest absolute Gasteiger partial charge is 0.451 e. The van der Waals surface area contributed by atoms with Gasteiger partial charge in [-0.2, -0.15) is 18.3 Å². The number of aliphatic carboxylic acids is 1. The number of nitrogens with zero attached hydrogens (tertiary/aromatic N) is 3. The standard InChI is InChI=1S/C23H23F3N4O4/c1-33-13-22(21(31)32)10-8-17(9-11-22)34-16-5-2-14(3-6-16)18-7-4-15(12-27-18)19-28-20(30-29-19)23(24,25)26/h2-7,12,17H,8-11,13H2,1H3,(H,31,32)(H,28,29,30). The summed E-state index contributed by atoms with van der Waals surface area (Å²) in [5.41, 5.74) is 0.943. The van der Waals surface area contributed by atoms with E-state index in [2.05, 4.69) is 15.1 Å². The Morgan fingerprint density at radius 1 is 1.15 bits per heavy atom. The lowest BCUT2D eigenvalue weighted by atomic mass is 9.73. The summed E-state index contributed by atoms with van der Waals surface area (Å²) in [5, 5.41) is 15.1. The predicted molar refractivity (Wildman–Crippen MR) is 115 cm³/mol. The molecule has 1 saturated carbocycles. The summed E-state index contributed by atoms with van der Waals surface area (Å²) in [4.78, 5) is 19.4. The van der Waals surface area contributed by atoms with Gasteiger partial charge in [0.2, 0.25) is 5.82 Å². The number of methoxy groups -OCH3 is 1. The minimum absolute atomic E-state index is 0.0736. The number of hydrogen-bond acceptors (Lipinski definition) is 6. The van der Waals surface area contributed by atoms with Crippen LogP contribution in [0.15, 0.2) is 42.6 Å². The summed E-state index contributed by atoms with van der Waals surface area (Å²) in [6, 6.07) is 10.6. The Morgan fingerprint density at radius 2 is 1.82 bits per heavy atom. The molecule has 3 aromatic rings. The molecule has 4 rings (SSSR count). The molecule has 0 unspecified atom stereocenters. The molecule has 11 heteroatoms. The zero-order valence-corrected chi connectivity index (χ0v) is 18.3. The molecule has 0 aliphatic heterocycles. The zero-order valence-electron chi connectivity index (χ0n) is 18.3. The van der Waals surface area contributed by atoms with Gasteiger partial charge in [-0.25, -0.2) is 4.98 Å². The van der Waals surface area contributed by atoms with E-state index in [1.54, 1.807) is 12.1 Å². The lowest BCUT2D eigenvalue weighted by Gasteiger charge is -2.36. The average molecular weight is 476 g/mol. The highest BCUT2D eigenvalue weighted by Gasteiger charge is 2.42. The van der Waals surface area contributed by atoms with E-state index in [1.807, 2.05) is 29.4 Å². The second kappa shape index (κ2) is 9.41. The van der Waals surface area contributed by atoms with Gasteiger partial charge in [0.1, 0.15) is 5.75 Å². The second-order valence-electron chi connectivity index (χ2n) is 8.30. The van der Waals surface area contributed by atoms with Crippen LogP contribution in [0.3, 0.4) is 0 Å². The van der Waals surface area contributed by atoms with Crippen LogP contribution >= 0.6 is 0 Å². The van der Waals surface area contributed by atoms with Crippen LogP contribution in [-0.2, 0) is 15.7 Å². The molecule has 1 aliphatic rings. The van der Waals surface area contributed by atoms with Crippen molar-refractivity contribution in [2.45, 2.75) is 38.0 Å². The van der Waals surface area contributed by atoms with E-state index < -0.39 is 23.4 Å². The Hall–Kier alpha value is -3.47. The fraction of sp³-hybridized carbons (Fsp3) is 0.391. The number of alkyl halides is 3. The molecular formula is C23H23F3N4O4. The van der Waals surface area contributed by atoms with Gasteiger partial charge in [-0.3, -0.25) is 14.9 Å². The SMILES string of the molecule is COCC1(C(=O)O)CCC(Oc2ccc(-c3ccc(-c4n[nH]c(C(F)(F)F)n4)cn3)cc2)CC1. The molecule has 0 amide bonds. The van der Waals surface area contributed by atoms with Crippen LogP contribution in [-0.4, -0.2) is 51.1 Å². The van der Waals surface area contributed by atoms with E-state index in [-0.39, 0.29) is 18.5 Å². The van der Waals surface area contributed by atoms with Crippen molar-refractivity contribution in [3.8, 4) is 28.4 Å². The number of pyridine rings is 1. The van der Waals surface area contributed by atoms with Crippen LogP contribution in [0.1, 0.15) is 31.5 Å². The summed E-state index contributed by atoms with van der Waals surface area (Å²) in [6.07, 6.45) is -1.02. The number of benzene rings is 1. The maximum atomic E-state index is 12.7. The number of aromatic nitrogens is 4. The number of aromatic amines is 1. The van der Waals surface area contributed by atoms with Crippen LogP contribution < -0.4 is 4.74 Å². The summed E-state index contributed by atoms with van der Waals surface area (Å²) in [7, 11) is 1.51. The highest BCUT2D eigenvalue weighted by atomic mass is 19.4. The molecule has 2 heterocycles. The third kappa shape index (κ3) is 5.04. The minimum Gasteiger partial charge on any atom is -0.490 e. The number of nitrogens with one attached hydrogen (secondary N) is 1. The van der Waals surface area contributed by atoms with Gasteiger partial charge in [-0.1, -0.05) is 0 Å². The number of halogens is 3. The first-order chi connectivity index (χ1) is 16.2. The van der Waals surface area contributed by atoms with Crippen molar-refractivity contribution >= 4 is 5.97 Å². The van der Waals surface area contributed by atoms with Crippen molar-refractivity contribution in [1.29, 1.82) is 0 Å². The lowest BCUT2D eigenvalue weighted by molar-refractivity contribution is -0.156. The van der Waals surface area contributed by atoms with Crippen molar-refractivity contribution < 1.29 is 32.5 Å². The molecule has 0 saturated heterocycles. The maximum absolute atomic E-state index is 12.7. The van der Waals surface area contributed by atoms with Crippen molar-refractivity contribution in [2.75, 3.05) is 13.7 Å². The molecule has 0 bridgehead atoms. The van der Waals surface area contributed by atoms with Gasteiger partial charge >= 0.3 is 12.1 Å². The Morgan fingerprint density at radius 3 is 2.35 bits per heavy atom. The molecule has 8 nitrogen and oxygen atoms in total. The molecule has 0 atom stereocenters. The van der Waals surface area contributed by atoms with Crippen molar-refractivity contribution in [1.82, 2.24) is 20.2 Å². The summed E-state index contributed by atoms with van der Waals surface area (Å²) in [6.45, 7) is 0.190. The van der Waals surface area contributed by atoms with E-state index in [0.29, 0.717) is 42.7 Å². The second-order valence-corrected chi connectivity index (χ2v) is 8.30. The number of H-pyrrole nitrogens is 1.